The zero-order valence-corrected chi connectivity index (χ0v) is 15.1. The molecule has 0 unspecified atom stereocenters. The minimum atomic E-state index is -0.0539. The molecule has 0 aliphatic carbocycles. The van der Waals surface area contributed by atoms with E-state index in [1.165, 1.54) is 10.3 Å². The molecule has 1 aromatic heterocycles. The number of amides is 2. The molecule has 2 aliphatic rings. The zero-order chi connectivity index (χ0) is 17.4. The molecule has 3 heterocycles. The molecule has 1 N–H and O–H groups in total. The van der Waals surface area contributed by atoms with Crippen molar-refractivity contribution in [3.8, 4) is 0 Å². The molecule has 2 aliphatic heterocycles. The number of aromatic nitrogens is 1. The molecule has 0 radical (unpaired) electrons. The lowest BCUT2D eigenvalue weighted by atomic mass is 9.95. The third-order valence-electron chi connectivity index (χ3n) is 5.00. The molecule has 0 saturated carbocycles. The normalized spacial score (nSPS) is 19.3. The van der Waals surface area contributed by atoms with Gasteiger partial charge in [-0.05, 0) is 37.5 Å². The molecule has 4 rings (SSSR count). The number of rotatable bonds is 2. The Balaban J connectivity index is 1.40. The summed E-state index contributed by atoms with van der Waals surface area (Å²) in [7, 11) is 0. The van der Waals surface area contributed by atoms with E-state index in [0.717, 1.165) is 36.6 Å². The summed E-state index contributed by atoms with van der Waals surface area (Å²) in [5, 5.41) is 3.81. The lowest BCUT2D eigenvalue weighted by Gasteiger charge is -2.35. The number of piperazine rings is 1. The summed E-state index contributed by atoms with van der Waals surface area (Å²) in [6.07, 6.45) is 1.65. The second kappa shape index (κ2) is 6.63. The molecular weight excluding hydrogens is 336 g/mol. The molecule has 7 heteroatoms. The quantitative estimate of drug-likeness (QED) is 0.889. The summed E-state index contributed by atoms with van der Waals surface area (Å²) < 4.78 is 1.22. The summed E-state index contributed by atoms with van der Waals surface area (Å²) >= 11 is 1.72. The average Bonchev–Trinajstić information content (AvgIpc) is 3.04. The van der Waals surface area contributed by atoms with Crippen LogP contribution >= 0.6 is 11.3 Å². The van der Waals surface area contributed by atoms with E-state index in [0.29, 0.717) is 13.1 Å². The van der Waals surface area contributed by atoms with E-state index in [4.69, 9.17) is 4.98 Å². The summed E-state index contributed by atoms with van der Waals surface area (Å²) in [4.78, 5) is 32.9. The molecular formula is C18H22N4O2S. The Morgan fingerprint density at radius 2 is 2.08 bits per heavy atom. The van der Waals surface area contributed by atoms with Gasteiger partial charge in [0.25, 0.3) is 0 Å². The predicted molar refractivity (Wildman–Crippen MR) is 98.9 cm³/mol. The minimum absolute atomic E-state index is 0.0266. The zero-order valence-electron chi connectivity index (χ0n) is 14.3. The van der Waals surface area contributed by atoms with Crippen LogP contribution in [0.1, 0.15) is 18.4 Å². The molecule has 2 aromatic rings. The monoisotopic (exact) mass is 358 g/mol. The van der Waals surface area contributed by atoms with Gasteiger partial charge in [0.05, 0.1) is 16.8 Å². The summed E-state index contributed by atoms with van der Waals surface area (Å²) in [6.45, 7) is 5.17. The van der Waals surface area contributed by atoms with Gasteiger partial charge in [0, 0.05) is 32.1 Å². The fourth-order valence-electron chi connectivity index (χ4n) is 3.56. The number of thiazole rings is 1. The third kappa shape index (κ3) is 3.33. The van der Waals surface area contributed by atoms with E-state index in [2.05, 4.69) is 35.3 Å². The van der Waals surface area contributed by atoms with E-state index < -0.39 is 0 Å². The molecule has 6 nitrogen and oxygen atoms in total. The second-order valence-corrected chi connectivity index (χ2v) is 7.85. The van der Waals surface area contributed by atoms with Crippen LogP contribution < -0.4 is 10.2 Å². The molecule has 0 spiro atoms. The smallest absolute Gasteiger partial charge is 0.239 e. The Hall–Kier alpha value is -2.15. The van der Waals surface area contributed by atoms with E-state index >= 15 is 0 Å². The Kier molecular flexibility index (Phi) is 4.33. The largest absolute Gasteiger partial charge is 0.353 e. The van der Waals surface area contributed by atoms with Gasteiger partial charge in [-0.2, -0.15) is 0 Å². The highest BCUT2D eigenvalue weighted by Crippen LogP contribution is 2.32. The van der Waals surface area contributed by atoms with Crippen molar-refractivity contribution in [3.63, 3.8) is 0 Å². The lowest BCUT2D eigenvalue weighted by Crippen LogP contribution is -2.52. The Morgan fingerprint density at radius 3 is 2.84 bits per heavy atom. The number of carbonyl (C=O) groups is 2. The van der Waals surface area contributed by atoms with Crippen LogP contribution in [-0.4, -0.2) is 54.4 Å². The Morgan fingerprint density at radius 1 is 1.28 bits per heavy atom. The number of aryl methyl sites for hydroxylation is 1. The van der Waals surface area contributed by atoms with Gasteiger partial charge in [-0.25, -0.2) is 4.98 Å². The van der Waals surface area contributed by atoms with Gasteiger partial charge < -0.3 is 15.1 Å². The first-order chi connectivity index (χ1) is 12.1. The van der Waals surface area contributed by atoms with Crippen LogP contribution in [0.4, 0.5) is 5.13 Å². The Bertz CT molecular complexity index is 811. The molecule has 25 heavy (non-hydrogen) atoms. The first-order valence-electron chi connectivity index (χ1n) is 8.78. The lowest BCUT2D eigenvalue weighted by molar-refractivity contribution is -0.141. The minimum Gasteiger partial charge on any atom is -0.353 e. The highest BCUT2D eigenvalue weighted by molar-refractivity contribution is 7.22. The Labute approximate surface area is 150 Å². The predicted octanol–water partition coefficient (Wildman–Crippen LogP) is 1.78. The number of piperidine rings is 1. The maximum absolute atomic E-state index is 12.6. The van der Waals surface area contributed by atoms with Crippen molar-refractivity contribution >= 4 is 38.5 Å². The van der Waals surface area contributed by atoms with Crippen LogP contribution in [0.25, 0.3) is 10.2 Å². The molecule has 2 amide bonds. The topological polar surface area (TPSA) is 65.5 Å². The van der Waals surface area contributed by atoms with Gasteiger partial charge >= 0.3 is 0 Å². The maximum atomic E-state index is 12.6. The van der Waals surface area contributed by atoms with Crippen LogP contribution in [-0.2, 0) is 9.59 Å². The molecule has 0 bridgehead atoms. The number of anilines is 1. The third-order valence-corrected chi connectivity index (χ3v) is 6.08. The van der Waals surface area contributed by atoms with Crippen molar-refractivity contribution in [2.45, 2.75) is 19.8 Å². The van der Waals surface area contributed by atoms with Gasteiger partial charge in [-0.3, -0.25) is 9.59 Å². The van der Waals surface area contributed by atoms with Gasteiger partial charge in [-0.15, -0.1) is 0 Å². The number of benzene rings is 1. The van der Waals surface area contributed by atoms with E-state index in [-0.39, 0.29) is 24.3 Å². The van der Waals surface area contributed by atoms with Crippen molar-refractivity contribution in [1.82, 2.24) is 15.2 Å². The maximum Gasteiger partial charge on any atom is 0.239 e. The van der Waals surface area contributed by atoms with Crippen molar-refractivity contribution in [3.05, 3.63) is 23.8 Å². The van der Waals surface area contributed by atoms with Crippen LogP contribution in [0, 0.1) is 12.8 Å². The number of nitrogens with zero attached hydrogens (tertiary/aromatic N) is 3. The number of nitrogens with one attached hydrogen (secondary N) is 1. The van der Waals surface area contributed by atoms with Gasteiger partial charge in [0.1, 0.15) is 0 Å². The fraction of sp³-hybridized carbons (Fsp3) is 0.500. The fourth-order valence-corrected chi connectivity index (χ4v) is 4.67. The average molecular weight is 358 g/mol. The number of carbonyl (C=O) groups excluding carboxylic acids is 2. The SMILES string of the molecule is Cc1ccc2nc(N3CCC(C(=O)N4CCNC(=O)C4)CC3)sc2c1. The van der Waals surface area contributed by atoms with Gasteiger partial charge in [-0.1, -0.05) is 17.4 Å². The first-order valence-corrected chi connectivity index (χ1v) is 9.59. The standard InChI is InChI=1S/C18H22N4O2S/c1-12-2-3-14-15(10-12)25-18(20-14)21-7-4-13(5-8-21)17(24)22-9-6-19-16(23)11-22/h2-3,10,13H,4-9,11H2,1H3,(H,19,23). The van der Waals surface area contributed by atoms with Crippen molar-refractivity contribution < 1.29 is 9.59 Å². The van der Waals surface area contributed by atoms with Crippen LogP contribution in [0.3, 0.4) is 0 Å². The molecule has 2 saturated heterocycles. The summed E-state index contributed by atoms with van der Waals surface area (Å²) in [5.74, 6) is 0.106. The molecule has 0 atom stereocenters. The second-order valence-electron chi connectivity index (χ2n) is 6.84. The van der Waals surface area contributed by atoms with E-state index in [1.54, 1.807) is 16.2 Å². The molecule has 2 fully saturated rings. The van der Waals surface area contributed by atoms with Crippen LogP contribution in [0.5, 0.6) is 0 Å². The summed E-state index contributed by atoms with van der Waals surface area (Å²) in [6, 6.07) is 6.34. The number of fused-ring (bicyclic) bond motifs is 1. The van der Waals surface area contributed by atoms with E-state index in [9.17, 15) is 9.59 Å². The molecule has 1 aromatic carbocycles. The van der Waals surface area contributed by atoms with E-state index in [1.807, 2.05) is 0 Å². The summed E-state index contributed by atoms with van der Waals surface area (Å²) in [5.41, 5.74) is 2.29. The molecule has 132 valence electrons. The van der Waals surface area contributed by atoms with Gasteiger partial charge in [0.15, 0.2) is 5.13 Å². The van der Waals surface area contributed by atoms with Crippen LogP contribution in [0.15, 0.2) is 18.2 Å². The highest BCUT2D eigenvalue weighted by Gasteiger charge is 2.31. The van der Waals surface area contributed by atoms with Crippen molar-refractivity contribution in [2.75, 3.05) is 37.6 Å². The number of hydrogen-bond donors (Lipinski definition) is 1. The first kappa shape index (κ1) is 16.3. The highest BCUT2D eigenvalue weighted by atomic mass is 32.1. The van der Waals surface area contributed by atoms with Crippen molar-refractivity contribution in [2.24, 2.45) is 5.92 Å². The number of hydrogen-bond acceptors (Lipinski definition) is 5. The van der Waals surface area contributed by atoms with Gasteiger partial charge in [0.2, 0.25) is 11.8 Å². The van der Waals surface area contributed by atoms with Crippen molar-refractivity contribution in [1.29, 1.82) is 0 Å². The van der Waals surface area contributed by atoms with Crippen LogP contribution in [0.2, 0.25) is 0 Å².